The number of hydrogen-bond donors (Lipinski definition) is 5. The summed E-state index contributed by atoms with van der Waals surface area (Å²) in [6.07, 6.45) is 7.83. The molecule has 4 aromatic carbocycles. The highest BCUT2D eigenvalue weighted by Gasteiger charge is 2.53. The van der Waals surface area contributed by atoms with E-state index in [2.05, 4.69) is 16.6 Å². The van der Waals surface area contributed by atoms with Gasteiger partial charge in [-0.25, -0.2) is 4.79 Å². The third-order valence-corrected chi connectivity index (χ3v) is 8.89. The number of fused-ring (bicyclic) bond motifs is 6. The Kier molecular flexibility index (Phi) is 10.5. The zero-order valence-corrected chi connectivity index (χ0v) is 28.5. The number of aliphatic hydroxyl groups excluding tert-OH is 1. The molecule has 0 radical (unpaired) electrons. The van der Waals surface area contributed by atoms with E-state index in [-0.39, 0.29) is 54.1 Å². The minimum atomic E-state index is -1.38. The third kappa shape index (κ3) is 7.58. The SMILES string of the molecule is C#CCC/C(O)=C(\C#N)C(=O)Nc1ccc(OCCCCCC(=O)NCc2ccc3c(c2)C2(OC3=O)c3ccc(O)cc3Oc3cc(O)ccc32)cc1. The number of amides is 2. The molecule has 0 saturated carbocycles. The molecule has 0 aliphatic carbocycles. The van der Waals surface area contributed by atoms with Gasteiger partial charge in [-0.2, -0.15) is 5.26 Å². The monoisotopic (exact) mass is 713 g/mol. The molecule has 0 unspecified atom stereocenters. The van der Waals surface area contributed by atoms with Gasteiger partial charge in [0.1, 0.15) is 40.6 Å². The Labute approximate surface area is 305 Å². The zero-order valence-electron chi connectivity index (χ0n) is 28.5. The molecule has 0 saturated heterocycles. The number of unbranched alkanes of at least 4 members (excludes halogenated alkanes) is 2. The lowest BCUT2D eigenvalue weighted by Gasteiger charge is -2.36. The summed E-state index contributed by atoms with van der Waals surface area (Å²) in [5, 5.41) is 45.0. The van der Waals surface area contributed by atoms with Gasteiger partial charge in [-0.05, 0) is 85.5 Å². The van der Waals surface area contributed by atoms with Gasteiger partial charge in [0.25, 0.3) is 5.91 Å². The molecule has 12 heteroatoms. The Morgan fingerprint density at radius 3 is 2.23 bits per heavy atom. The quantitative estimate of drug-likeness (QED) is 0.0252. The number of terminal acetylenes is 1. The minimum Gasteiger partial charge on any atom is -0.511 e. The molecule has 2 aliphatic heterocycles. The lowest BCUT2D eigenvalue weighted by molar-refractivity contribution is -0.121. The second kappa shape index (κ2) is 15.5. The lowest BCUT2D eigenvalue weighted by atomic mass is 9.77. The Morgan fingerprint density at radius 1 is 0.868 bits per heavy atom. The van der Waals surface area contributed by atoms with Crippen LogP contribution in [0.5, 0.6) is 28.7 Å². The fourth-order valence-electron chi connectivity index (χ4n) is 6.29. The topological polar surface area (TPSA) is 187 Å². The number of aliphatic hydroxyl groups is 1. The van der Waals surface area contributed by atoms with Gasteiger partial charge in [-0.3, -0.25) is 9.59 Å². The molecule has 6 rings (SSSR count). The van der Waals surface area contributed by atoms with E-state index in [1.807, 2.05) is 6.07 Å². The number of allylic oxidation sites excluding steroid dienone is 1. The number of phenolic OH excluding ortho intramolecular Hbond substituents is 2. The number of anilines is 1. The molecule has 2 aliphatic rings. The van der Waals surface area contributed by atoms with E-state index >= 15 is 0 Å². The maximum atomic E-state index is 13.2. The van der Waals surface area contributed by atoms with E-state index in [9.17, 15) is 35.0 Å². The number of nitrogens with zero attached hydrogens (tertiary/aromatic N) is 1. The fourth-order valence-corrected chi connectivity index (χ4v) is 6.29. The number of carbonyl (C=O) groups excluding carboxylic acids is 3. The first-order chi connectivity index (χ1) is 25.6. The lowest BCUT2D eigenvalue weighted by Crippen LogP contribution is -2.33. The van der Waals surface area contributed by atoms with Crippen molar-refractivity contribution in [3.8, 4) is 47.2 Å². The molecule has 0 fully saturated rings. The van der Waals surface area contributed by atoms with Crippen LogP contribution < -0.4 is 20.1 Å². The molecule has 53 heavy (non-hydrogen) atoms. The minimum absolute atomic E-state index is 0.0335. The van der Waals surface area contributed by atoms with Crippen molar-refractivity contribution in [2.24, 2.45) is 0 Å². The van der Waals surface area contributed by atoms with Crippen LogP contribution in [0.1, 0.15) is 71.1 Å². The number of benzene rings is 4. The number of aromatic hydroxyl groups is 2. The predicted molar refractivity (Wildman–Crippen MR) is 192 cm³/mol. The van der Waals surface area contributed by atoms with Crippen molar-refractivity contribution in [2.45, 2.75) is 50.7 Å². The van der Waals surface area contributed by atoms with Crippen LogP contribution in [0.4, 0.5) is 5.69 Å². The van der Waals surface area contributed by atoms with Crippen LogP contribution in [0.25, 0.3) is 0 Å². The number of ether oxygens (including phenoxy) is 3. The second-order valence-electron chi connectivity index (χ2n) is 12.5. The van der Waals surface area contributed by atoms with Gasteiger partial charge in [-0.15, -0.1) is 12.3 Å². The summed E-state index contributed by atoms with van der Waals surface area (Å²) < 4.78 is 17.9. The van der Waals surface area contributed by atoms with E-state index in [1.165, 1.54) is 24.3 Å². The smallest absolute Gasteiger partial charge is 0.340 e. The van der Waals surface area contributed by atoms with E-state index in [4.69, 9.17) is 20.6 Å². The molecule has 2 amide bonds. The molecule has 5 N–H and O–H groups in total. The highest BCUT2D eigenvalue weighted by molar-refractivity contribution is 6.06. The first kappa shape index (κ1) is 35.9. The van der Waals surface area contributed by atoms with Crippen molar-refractivity contribution in [3.05, 3.63) is 118 Å². The van der Waals surface area contributed by atoms with Crippen molar-refractivity contribution in [1.29, 1.82) is 5.26 Å². The summed E-state index contributed by atoms with van der Waals surface area (Å²) in [6, 6.07) is 22.7. The number of phenols is 2. The van der Waals surface area contributed by atoms with Gasteiger partial charge in [0.2, 0.25) is 5.91 Å². The van der Waals surface area contributed by atoms with Gasteiger partial charge in [-0.1, -0.05) is 6.07 Å². The van der Waals surface area contributed by atoms with E-state index in [0.29, 0.717) is 59.6 Å². The van der Waals surface area contributed by atoms with Gasteiger partial charge in [0, 0.05) is 60.3 Å². The summed E-state index contributed by atoms with van der Waals surface area (Å²) >= 11 is 0. The maximum absolute atomic E-state index is 13.2. The predicted octanol–water partition coefficient (Wildman–Crippen LogP) is 6.61. The van der Waals surface area contributed by atoms with Crippen molar-refractivity contribution in [1.82, 2.24) is 5.32 Å². The third-order valence-electron chi connectivity index (χ3n) is 8.89. The number of rotatable bonds is 13. The van der Waals surface area contributed by atoms with Crippen LogP contribution in [-0.2, 0) is 26.5 Å². The number of nitrogens with one attached hydrogen (secondary N) is 2. The van der Waals surface area contributed by atoms with Crippen molar-refractivity contribution in [3.63, 3.8) is 0 Å². The summed E-state index contributed by atoms with van der Waals surface area (Å²) in [6.45, 7) is 0.643. The summed E-state index contributed by atoms with van der Waals surface area (Å²) in [4.78, 5) is 38.3. The van der Waals surface area contributed by atoms with E-state index < -0.39 is 23.1 Å². The van der Waals surface area contributed by atoms with Gasteiger partial charge in [0.05, 0.1) is 12.2 Å². The molecule has 4 aromatic rings. The normalized spacial score (nSPS) is 13.5. The zero-order chi connectivity index (χ0) is 37.5. The van der Waals surface area contributed by atoms with Gasteiger partial charge in [0.15, 0.2) is 11.2 Å². The second-order valence-corrected chi connectivity index (χ2v) is 12.5. The first-order valence-corrected chi connectivity index (χ1v) is 16.9. The van der Waals surface area contributed by atoms with E-state index in [0.717, 1.165) is 12.0 Å². The van der Waals surface area contributed by atoms with Crippen molar-refractivity contribution < 1.29 is 43.9 Å². The average Bonchev–Trinajstić information content (AvgIpc) is 3.43. The Balaban J connectivity index is 0.989. The van der Waals surface area contributed by atoms with Gasteiger partial charge >= 0.3 is 5.97 Å². The molecule has 0 aromatic heterocycles. The van der Waals surface area contributed by atoms with Crippen LogP contribution in [0, 0.1) is 23.7 Å². The number of hydrogen-bond acceptors (Lipinski definition) is 10. The summed E-state index contributed by atoms with van der Waals surface area (Å²) in [5.74, 6) is 1.68. The van der Waals surface area contributed by atoms with Crippen LogP contribution >= 0.6 is 0 Å². The van der Waals surface area contributed by atoms with Gasteiger partial charge < -0.3 is 40.2 Å². The van der Waals surface area contributed by atoms with Crippen LogP contribution in [0.15, 0.2) is 90.2 Å². The Hall–Kier alpha value is -6.92. The van der Waals surface area contributed by atoms with E-state index in [1.54, 1.807) is 54.6 Å². The maximum Gasteiger partial charge on any atom is 0.340 e. The Morgan fingerprint density at radius 2 is 1.57 bits per heavy atom. The molecule has 268 valence electrons. The van der Waals surface area contributed by atoms with Crippen LogP contribution in [0.3, 0.4) is 0 Å². The first-order valence-electron chi connectivity index (χ1n) is 16.9. The van der Waals surface area contributed by atoms with Crippen molar-refractivity contribution >= 4 is 23.5 Å². The molecular formula is C41H35N3O9. The number of esters is 1. The summed E-state index contributed by atoms with van der Waals surface area (Å²) in [5.41, 5.74) is 1.36. The molecule has 1 spiro atoms. The largest absolute Gasteiger partial charge is 0.511 e. The molecular weight excluding hydrogens is 678 g/mol. The highest BCUT2D eigenvalue weighted by Crippen LogP contribution is 2.57. The molecule has 0 atom stereocenters. The van der Waals surface area contributed by atoms with Crippen molar-refractivity contribution in [2.75, 3.05) is 11.9 Å². The standard InChI is InChI=1S/C41H35N3O9/c1-2-3-7-35(47)31(23-42)39(49)44-26-10-14-29(15-11-26)51-19-6-4-5-8-38(48)43-24-25-9-16-30-34(20-25)41(53-40(30)50)32-17-12-27(45)21-36(32)52-37-22-28(46)13-18-33(37)41/h1,9-18,20-22,45-47H,3-8,19,24H2,(H,43,48)(H,44,49)/b35-31-. The fraction of sp³-hybridized carbons (Fsp3) is 0.220. The highest BCUT2D eigenvalue weighted by atomic mass is 16.6. The Bertz CT molecular complexity index is 2140. The molecule has 12 nitrogen and oxygen atoms in total. The number of nitriles is 1. The van der Waals surface area contributed by atoms with Crippen LogP contribution in [0.2, 0.25) is 0 Å². The average molecular weight is 714 g/mol. The molecule has 0 bridgehead atoms. The van der Waals surface area contributed by atoms with Crippen LogP contribution in [-0.4, -0.2) is 39.7 Å². The summed E-state index contributed by atoms with van der Waals surface area (Å²) in [7, 11) is 0. The number of carbonyl (C=O) groups is 3. The molecule has 2 heterocycles.